The molecule has 1 aromatic heterocycles. The molecular formula is C79H120N18O20. The number of aromatic nitrogens is 1. The van der Waals surface area contributed by atoms with E-state index in [2.05, 4.69) is 26.3 Å². The number of nitrogens with zero attached hydrogens (tertiary/aromatic N) is 12. The van der Waals surface area contributed by atoms with Crippen molar-refractivity contribution in [3.05, 3.63) is 71.4 Å². The fraction of sp³-hybridized carbons (Fsp3) is 0.582. The number of carbonyl (C=O) groups excluding carboxylic acids is 19. The highest BCUT2D eigenvalue weighted by Gasteiger charge is 2.32. The zero-order valence-corrected chi connectivity index (χ0v) is 70.7. The number of primary amides is 1. The standard InChI is InChI=1S/C79H120N18O20/c1-51(2)75(112)53(5)84-64(101)40-88(8)66(103)42-90(10)68(105)44-92(12)70(107)46-94(14)72(109)48-96(16)74(111)49-97(17)73(110)47-95(15)71(108)45-93(13)69(106)43-91(11)67(104)41-89(9)65(102)31-33-81-63(100)26-20-22-58(98)38-56(37-57-39-83-60-24-19-18-23-59(57)60)76(113)85-61(25-21-32-82-78(80)115)62(99)36-54-27-29-55(30-28-54)50-117-79(116)87(7)35-34-86(6)77(114)52(3)4/h18-19,23-24,27-30,39,51-53,56,61,83H,20-22,25-26,31-38,40-50H2,1-17H3,(H,81,100)(H,84,101)(H,85,113)(H3,80,82,115)/t53-,56+,61-/m0/s1. The summed E-state index contributed by atoms with van der Waals surface area (Å²) < 4.78 is 5.48. The normalized spacial score (nSPS) is 11.6. The molecule has 0 aliphatic rings. The molecule has 38 nitrogen and oxygen atoms in total. The average Bonchev–Trinajstić information content (AvgIpc) is 1.70. The van der Waals surface area contributed by atoms with Gasteiger partial charge in [-0.05, 0) is 55.4 Å². The third-order valence-corrected chi connectivity index (χ3v) is 19.3. The molecule has 0 unspecified atom stereocenters. The number of amides is 17. The lowest BCUT2D eigenvalue weighted by atomic mass is 9.90. The maximum Gasteiger partial charge on any atom is 0.409 e. The molecule has 2 aromatic carbocycles. The van der Waals surface area contributed by atoms with E-state index in [4.69, 9.17) is 10.5 Å². The van der Waals surface area contributed by atoms with Crippen LogP contribution in [0.4, 0.5) is 9.59 Å². The first-order chi connectivity index (χ1) is 54.8. The van der Waals surface area contributed by atoms with Crippen LogP contribution >= 0.6 is 0 Å². The SMILES string of the molecule is CC(C)C(=O)[C@H](C)NC(=O)CN(C)C(=O)CN(C)C(=O)CN(C)C(=O)CN(C)C(=O)CN(C)C(=O)CN(C)C(=O)CN(C)C(=O)CN(C)C(=O)CN(C)C(=O)CN(C)C(=O)CCNC(=O)CCCC(=O)C[C@@H](Cc1c[nH]c2ccccc12)C(=O)N[C@@H](CCCNC(N)=O)C(=O)Cc1ccc(COC(=O)N(C)CCN(C)C(=O)C(C)C)cc1. The second-order valence-electron chi connectivity index (χ2n) is 30.1. The second kappa shape index (κ2) is 49.1. The Morgan fingerprint density at radius 1 is 0.436 bits per heavy atom. The lowest BCUT2D eigenvalue weighted by Gasteiger charge is -2.27. The number of ketones is 3. The van der Waals surface area contributed by atoms with Crippen molar-refractivity contribution in [1.29, 1.82) is 0 Å². The van der Waals surface area contributed by atoms with Crippen LogP contribution in [0, 0.1) is 17.8 Å². The number of hydrogen-bond donors (Lipinski definition) is 6. The fourth-order valence-corrected chi connectivity index (χ4v) is 11.5. The zero-order chi connectivity index (χ0) is 88.2. The van der Waals surface area contributed by atoms with Crippen LogP contribution in [0.3, 0.4) is 0 Å². The highest BCUT2D eigenvalue weighted by Crippen LogP contribution is 2.24. The zero-order valence-electron chi connectivity index (χ0n) is 70.7. The number of H-pyrrole nitrogens is 1. The van der Waals surface area contributed by atoms with Gasteiger partial charge in [-0.2, -0.15) is 0 Å². The first-order valence-electron chi connectivity index (χ1n) is 38.4. The highest BCUT2D eigenvalue weighted by molar-refractivity contribution is 5.97. The first-order valence-corrected chi connectivity index (χ1v) is 38.4. The molecule has 0 radical (unpaired) electrons. The van der Waals surface area contributed by atoms with Crippen molar-refractivity contribution in [2.75, 3.05) is 176 Å². The Balaban J connectivity index is 1.44. The summed E-state index contributed by atoms with van der Waals surface area (Å²) in [6.45, 7) is 4.25. The summed E-state index contributed by atoms with van der Waals surface area (Å²) in [5.41, 5.74) is 8.09. The van der Waals surface area contributed by atoms with Crippen LogP contribution in [-0.4, -0.2) is 364 Å². The minimum absolute atomic E-state index is 0.0497. The topological polar surface area (TPSA) is 462 Å². The number of carbonyl (C=O) groups is 19. The van der Waals surface area contributed by atoms with E-state index in [9.17, 15) is 91.1 Å². The summed E-state index contributed by atoms with van der Waals surface area (Å²) in [7, 11) is 16.4. The average molecular weight is 1640 g/mol. The van der Waals surface area contributed by atoms with Gasteiger partial charge in [0.1, 0.15) is 12.4 Å². The van der Waals surface area contributed by atoms with Gasteiger partial charge in [0, 0.05) is 178 Å². The number of aromatic amines is 1. The molecule has 646 valence electrons. The minimum Gasteiger partial charge on any atom is -0.445 e. The van der Waals surface area contributed by atoms with E-state index in [0.29, 0.717) is 17.7 Å². The van der Waals surface area contributed by atoms with Crippen molar-refractivity contribution in [3.8, 4) is 0 Å². The number of benzene rings is 2. The van der Waals surface area contributed by atoms with Gasteiger partial charge in [0.05, 0.1) is 77.5 Å². The van der Waals surface area contributed by atoms with Crippen LogP contribution in [0.2, 0.25) is 0 Å². The molecule has 3 rings (SSSR count). The first kappa shape index (κ1) is 99.3. The summed E-state index contributed by atoms with van der Waals surface area (Å²) in [5, 5.41) is 11.4. The molecule has 0 aliphatic heterocycles. The molecule has 0 bridgehead atoms. The quantitative estimate of drug-likeness (QED) is 0.0358. The molecule has 0 saturated carbocycles. The van der Waals surface area contributed by atoms with Crippen LogP contribution < -0.4 is 27.0 Å². The number of para-hydroxylation sites is 1. The number of Topliss-reactive ketones (excluding diaryl/α,β-unsaturated/α-hetero) is 3. The third-order valence-electron chi connectivity index (χ3n) is 19.3. The molecule has 117 heavy (non-hydrogen) atoms. The Kier molecular flexibility index (Phi) is 41.7. The Labute approximate surface area is 683 Å². The van der Waals surface area contributed by atoms with Crippen LogP contribution in [0.5, 0.6) is 0 Å². The summed E-state index contributed by atoms with van der Waals surface area (Å²) >= 11 is 0. The van der Waals surface area contributed by atoms with Gasteiger partial charge in [-0.15, -0.1) is 0 Å². The van der Waals surface area contributed by atoms with Gasteiger partial charge in [-0.25, -0.2) is 9.59 Å². The molecule has 0 saturated heterocycles. The maximum atomic E-state index is 14.4. The van der Waals surface area contributed by atoms with Crippen LogP contribution in [-0.2, 0) is 106 Å². The van der Waals surface area contributed by atoms with Gasteiger partial charge in [0.25, 0.3) is 0 Å². The largest absolute Gasteiger partial charge is 0.445 e. The van der Waals surface area contributed by atoms with Crippen molar-refractivity contribution in [1.82, 2.24) is 85.1 Å². The van der Waals surface area contributed by atoms with Crippen molar-refractivity contribution in [3.63, 3.8) is 0 Å². The predicted octanol–water partition coefficient (Wildman–Crippen LogP) is -1.30. The van der Waals surface area contributed by atoms with E-state index in [1.165, 1.54) is 82.3 Å². The van der Waals surface area contributed by atoms with E-state index in [1.54, 1.807) is 77.2 Å². The van der Waals surface area contributed by atoms with Crippen molar-refractivity contribution in [2.45, 2.75) is 111 Å². The summed E-state index contributed by atoms with van der Waals surface area (Å²) in [5.74, 6) is -10.4. The Bertz CT molecular complexity index is 4020. The summed E-state index contributed by atoms with van der Waals surface area (Å²) in [6, 6.07) is 11.7. The van der Waals surface area contributed by atoms with Gasteiger partial charge in [0.2, 0.25) is 82.7 Å². The molecule has 3 atom stereocenters. The van der Waals surface area contributed by atoms with Crippen molar-refractivity contribution in [2.24, 2.45) is 23.5 Å². The molecule has 3 aromatic rings. The number of hydrogen-bond acceptors (Lipinski definition) is 20. The van der Waals surface area contributed by atoms with E-state index in [-0.39, 0.29) is 126 Å². The molecule has 38 heteroatoms. The summed E-state index contributed by atoms with van der Waals surface area (Å²) in [4.78, 5) is 264. The van der Waals surface area contributed by atoms with E-state index >= 15 is 0 Å². The minimum atomic E-state index is -1.05. The van der Waals surface area contributed by atoms with Gasteiger partial charge in [-0.3, -0.25) is 81.5 Å². The molecule has 17 amide bonds. The Morgan fingerprint density at radius 2 is 0.863 bits per heavy atom. The molecule has 0 spiro atoms. The van der Waals surface area contributed by atoms with Gasteiger partial charge in [-0.1, -0.05) is 70.2 Å². The van der Waals surface area contributed by atoms with E-state index in [0.717, 1.165) is 65.5 Å². The van der Waals surface area contributed by atoms with Crippen molar-refractivity contribution >= 4 is 123 Å². The second-order valence-corrected chi connectivity index (χ2v) is 30.1. The van der Waals surface area contributed by atoms with E-state index in [1.807, 2.05) is 24.3 Å². The molecular weight excluding hydrogens is 1520 g/mol. The molecule has 0 aliphatic carbocycles. The van der Waals surface area contributed by atoms with Crippen molar-refractivity contribution < 1.29 is 95.8 Å². The Morgan fingerprint density at radius 3 is 1.31 bits per heavy atom. The number of likely N-dealkylation sites (N-methyl/N-ethyl adjacent to an activating group) is 12. The number of rotatable bonds is 49. The molecule has 7 N–H and O–H groups in total. The number of fused-ring (bicyclic) bond motifs is 1. The fourth-order valence-electron chi connectivity index (χ4n) is 11.5. The molecule has 0 fully saturated rings. The monoisotopic (exact) mass is 1640 g/mol. The maximum absolute atomic E-state index is 14.4. The smallest absolute Gasteiger partial charge is 0.409 e. The van der Waals surface area contributed by atoms with E-state index < -0.39 is 166 Å². The number of ether oxygens (including phenoxy) is 1. The van der Waals surface area contributed by atoms with Crippen LogP contribution in [0.15, 0.2) is 54.7 Å². The predicted molar refractivity (Wildman–Crippen MR) is 430 cm³/mol. The van der Waals surface area contributed by atoms with Crippen LogP contribution in [0.25, 0.3) is 10.9 Å². The van der Waals surface area contributed by atoms with Gasteiger partial charge < -0.3 is 95.5 Å². The lowest BCUT2D eigenvalue weighted by Crippen LogP contribution is -2.49. The number of nitrogens with one attached hydrogen (secondary N) is 5. The molecule has 1 heterocycles. The van der Waals surface area contributed by atoms with Gasteiger partial charge >= 0.3 is 12.1 Å². The lowest BCUT2D eigenvalue weighted by molar-refractivity contribution is -0.146. The Hall–Kier alpha value is -11.9. The number of urea groups is 1. The number of nitrogens with two attached hydrogens (primary N) is 1. The van der Waals surface area contributed by atoms with Crippen LogP contribution in [0.1, 0.15) is 96.3 Å². The highest BCUT2D eigenvalue weighted by atomic mass is 16.6. The summed E-state index contributed by atoms with van der Waals surface area (Å²) in [6.07, 6.45) is 0.962. The third kappa shape index (κ3) is 35.4. The van der Waals surface area contributed by atoms with Gasteiger partial charge in [0.15, 0.2) is 11.6 Å².